The van der Waals surface area contributed by atoms with E-state index in [4.69, 9.17) is 0 Å². The Balaban J connectivity index is 3.31. The van der Waals surface area contributed by atoms with Crippen molar-refractivity contribution in [3.05, 3.63) is 0 Å². The van der Waals surface area contributed by atoms with Gasteiger partial charge in [0, 0.05) is 13.3 Å². The first-order valence-corrected chi connectivity index (χ1v) is 3.72. The predicted octanol–water partition coefficient (Wildman–Crippen LogP) is 1.72. The van der Waals surface area contributed by atoms with Crippen molar-refractivity contribution in [2.75, 3.05) is 0 Å². The molecule has 0 N–H and O–H groups in total. The van der Waals surface area contributed by atoms with E-state index in [0.717, 1.165) is 19.3 Å². The molecule has 0 heterocycles. The van der Waals surface area contributed by atoms with E-state index in [2.05, 4.69) is 6.92 Å². The predicted molar refractivity (Wildman–Crippen MR) is 39.8 cm³/mol. The van der Waals surface area contributed by atoms with E-state index in [1.54, 1.807) is 0 Å². The first kappa shape index (κ1) is 9.34. The van der Waals surface area contributed by atoms with Gasteiger partial charge in [0.1, 0.15) is 0 Å². The molecule has 58 valence electrons. The van der Waals surface area contributed by atoms with Crippen LogP contribution in [0.3, 0.4) is 0 Å². The second-order valence-electron chi connectivity index (χ2n) is 2.44. The van der Waals surface area contributed by atoms with Crippen LogP contribution in [-0.2, 0) is 9.59 Å². The maximum absolute atomic E-state index is 10.7. The Labute approximate surface area is 61.6 Å². The van der Waals surface area contributed by atoms with Gasteiger partial charge in [-0.1, -0.05) is 19.8 Å². The van der Waals surface area contributed by atoms with Crippen LogP contribution in [0.4, 0.5) is 0 Å². The fourth-order valence-corrected chi connectivity index (χ4v) is 0.712. The molecule has 0 rings (SSSR count). The molecule has 10 heavy (non-hydrogen) atoms. The highest BCUT2D eigenvalue weighted by Gasteiger charge is 2.05. The lowest BCUT2D eigenvalue weighted by molar-refractivity contribution is -0.135. The molecule has 0 aromatic carbocycles. The smallest absolute Gasteiger partial charge is 0.198 e. The summed E-state index contributed by atoms with van der Waals surface area (Å²) in [5.41, 5.74) is 0. The highest BCUT2D eigenvalue weighted by atomic mass is 16.2. The van der Waals surface area contributed by atoms with Gasteiger partial charge in [-0.25, -0.2) is 0 Å². The van der Waals surface area contributed by atoms with Gasteiger partial charge in [-0.2, -0.15) is 0 Å². The van der Waals surface area contributed by atoms with Gasteiger partial charge in [-0.3, -0.25) is 9.59 Å². The van der Waals surface area contributed by atoms with Crippen molar-refractivity contribution >= 4 is 11.6 Å². The molecule has 0 aromatic heterocycles. The topological polar surface area (TPSA) is 34.1 Å². The van der Waals surface area contributed by atoms with Crippen molar-refractivity contribution in [2.45, 2.75) is 39.5 Å². The minimum absolute atomic E-state index is 0.228. The third kappa shape index (κ3) is 4.24. The molecule has 0 fully saturated rings. The van der Waals surface area contributed by atoms with Crippen LogP contribution < -0.4 is 0 Å². The van der Waals surface area contributed by atoms with Gasteiger partial charge in [-0.05, 0) is 6.42 Å². The van der Waals surface area contributed by atoms with Gasteiger partial charge in [-0.15, -0.1) is 0 Å². The molecule has 0 unspecified atom stereocenters. The Morgan fingerprint density at radius 3 is 2.20 bits per heavy atom. The second-order valence-corrected chi connectivity index (χ2v) is 2.44. The van der Waals surface area contributed by atoms with Gasteiger partial charge in [0.25, 0.3) is 0 Å². The van der Waals surface area contributed by atoms with Crippen molar-refractivity contribution in [2.24, 2.45) is 0 Å². The lowest BCUT2D eigenvalue weighted by Gasteiger charge is -1.93. The standard InChI is InChI=1S/C8H14O2/c1-3-4-5-6-8(10)7(2)9/h3-6H2,1-2H3. The third-order valence-electron chi connectivity index (χ3n) is 1.40. The van der Waals surface area contributed by atoms with Gasteiger partial charge in [0.05, 0.1) is 0 Å². The van der Waals surface area contributed by atoms with Gasteiger partial charge in [0.2, 0.25) is 0 Å². The summed E-state index contributed by atoms with van der Waals surface area (Å²) in [6, 6.07) is 0. The van der Waals surface area contributed by atoms with Crippen LogP contribution in [0.5, 0.6) is 0 Å². The van der Waals surface area contributed by atoms with Crippen LogP contribution in [-0.4, -0.2) is 11.6 Å². The minimum Gasteiger partial charge on any atom is -0.291 e. The van der Waals surface area contributed by atoms with E-state index < -0.39 is 0 Å². The van der Waals surface area contributed by atoms with E-state index in [0.29, 0.717) is 6.42 Å². The molecule has 2 heteroatoms. The zero-order valence-electron chi connectivity index (χ0n) is 6.64. The summed E-state index contributed by atoms with van der Waals surface area (Å²) >= 11 is 0. The summed E-state index contributed by atoms with van der Waals surface area (Å²) < 4.78 is 0. The molecule has 0 aromatic rings. The van der Waals surface area contributed by atoms with E-state index >= 15 is 0 Å². The van der Waals surface area contributed by atoms with Gasteiger partial charge < -0.3 is 0 Å². The fraction of sp³-hybridized carbons (Fsp3) is 0.750. The maximum Gasteiger partial charge on any atom is 0.198 e. The molecule has 0 aliphatic heterocycles. The summed E-state index contributed by atoms with van der Waals surface area (Å²) in [6.07, 6.45) is 3.42. The van der Waals surface area contributed by atoms with Crippen LogP contribution >= 0.6 is 0 Å². The van der Waals surface area contributed by atoms with Crippen molar-refractivity contribution in [3.63, 3.8) is 0 Å². The number of carbonyl (C=O) groups is 2. The Bertz CT molecular complexity index is 127. The number of carbonyl (C=O) groups excluding carboxylic acids is 2. The largest absolute Gasteiger partial charge is 0.291 e. The molecule has 0 aliphatic carbocycles. The Hall–Kier alpha value is -0.660. The van der Waals surface area contributed by atoms with E-state index in [-0.39, 0.29) is 11.6 Å². The molecule has 0 spiro atoms. The fourth-order valence-electron chi connectivity index (χ4n) is 0.712. The van der Waals surface area contributed by atoms with Crippen molar-refractivity contribution in [3.8, 4) is 0 Å². The highest BCUT2D eigenvalue weighted by molar-refractivity contribution is 6.36. The van der Waals surface area contributed by atoms with E-state index in [1.165, 1.54) is 6.92 Å². The monoisotopic (exact) mass is 142 g/mol. The molecule has 0 radical (unpaired) electrons. The zero-order valence-corrected chi connectivity index (χ0v) is 6.64. The van der Waals surface area contributed by atoms with Crippen LogP contribution in [0.25, 0.3) is 0 Å². The third-order valence-corrected chi connectivity index (χ3v) is 1.40. The Morgan fingerprint density at radius 2 is 1.80 bits per heavy atom. The Kier molecular flexibility index (Phi) is 4.81. The molecule has 2 nitrogen and oxygen atoms in total. The molecular formula is C8H14O2. The number of hydrogen-bond donors (Lipinski definition) is 0. The van der Waals surface area contributed by atoms with Crippen molar-refractivity contribution in [1.29, 1.82) is 0 Å². The number of hydrogen-bond acceptors (Lipinski definition) is 2. The molecule has 0 atom stereocenters. The average Bonchev–Trinajstić information content (AvgIpc) is 1.88. The average molecular weight is 142 g/mol. The number of rotatable bonds is 5. The SMILES string of the molecule is CCCCCC(=O)C(C)=O. The summed E-state index contributed by atoms with van der Waals surface area (Å²) in [5, 5.41) is 0. The molecule has 0 saturated heterocycles. The first-order chi connectivity index (χ1) is 4.68. The molecule has 0 amide bonds. The lowest BCUT2D eigenvalue weighted by Crippen LogP contribution is -2.08. The summed E-state index contributed by atoms with van der Waals surface area (Å²) in [7, 11) is 0. The highest BCUT2D eigenvalue weighted by Crippen LogP contribution is 1.99. The zero-order chi connectivity index (χ0) is 7.98. The molecular weight excluding hydrogens is 128 g/mol. The Morgan fingerprint density at radius 1 is 1.20 bits per heavy atom. The van der Waals surface area contributed by atoms with E-state index in [9.17, 15) is 9.59 Å². The van der Waals surface area contributed by atoms with E-state index in [1.807, 2.05) is 0 Å². The quantitative estimate of drug-likeness (QED) is 0.432. The molecule has 0 aliphatic rings. The number of ketones is 2. The van der Waals surface area contributed by atoms with Crippen LogP contribution in [0.1, 0.15) is 39.5 Å². The normalized spacial score (nSPS) is 9.40. The van der Waals surface area contributed by atoms with Crippen molar-refractivity contribution < 1.29 is 9.59 Å². The van der Waals surface area contributed by atoms with Crippen LogP contribution in [0.2, 0.25) is 0 Å². The summed E-state index contributed by atoms with van der Waals surface area (Å²) in [4.78, 5) is 21.1. The summed E-state index contributed by atoms with van der Waals surface area (Å²) in [6.45, 7) is 3.40. The molecule has 0 bridgehead atoms. The second kappa shape index (κ2) is 5.15. The maximum atomic E-state index is 10.7. The van der Waals surface area contributed by atoms with Crippen LogP contribution in [0.15, 0.2) is 0 Å². The van der Waals surface area contributed by atoms with Crippen LogP contribution in [0, 0.1) is 0 Å². The van der Waals surface area contributed by atoms with Gasteiger partial charge in [0.15, 0.2) is 11.6 Å². The van der Waals surface area contributed by atoms with Gasteiger partial charge >= 0.3 is 0 Å². The van der Waals surface area contributed by atoms with Crippen molar-refractivity contribution in [1.82, 2.24) is 0 Å². The lowest BCUT2D eigenvalue weighted by atomic mass is 10.1. The first-order valence-electron chi connectivity index (χ1n) is 3.72. The number of unbranched alkanes of at least 4 members (excludes halogenated alkanes) is 2. The molecule has 0 saturated carbocycles. The minimum atomic E-state index is -0.309. The summed E-state index contributed by atoms with van der Waals surface area (Å²) in [5.74, 6) is -0.537. The number of Topliss-reactive ketones (excluding diaryl/α,β-unsaturated/α-hetero) is 2.